The molecule has 8 nitrogen and oxygen atoms in total. The molecule has 166 valence electrons. The van der Waals surface area contributed by atoms with Crippen LogP contribution in [0.25, 0.3) is 0 Å². The third-order valence-electron chi connectivity index (χ3n) is 5.84. The van der Waals surface area contributed by atoms with E-state index in [4.69, 9.17) is 38.4 Å². The molecule has 32 heavy (non-hydrogen) atoms. The van der Waals surface area contributed by atoms with Gasteiger partial charge in [0.15, 0.2) is 0 Å². The molecule has 0 saturated carbocycles. The number of ether oxygens (including phenoxy) is 2. The fourth-order valence-corrected chi connectivity index (χ4v) is 4.86. The van der Waals surface area contributed by atoms with E-state index in [0.717, 1.165) is 7.11 Å². The lowest BCUT2D eigenvalue weighted by atomic mass is 9.57. The predicted octanol–water partition coefficient (Wildman–Crippen LogP) is 3.52. The van der Waals surface area contributed by atoms with E-state index in [1.165, 1.54) is 4.90 Å². The maximum Gasteiger partial charge on any atom is 0.410 e. The van der Waals surface area contributed by atoms with Crippen molar-refractivity contribution in [3.8, 4) is 12.1 Å². The molecule has 0 spiro atoms. The molecule has 1 heterocycles. The van der Waals surface area contributed by atoms with Gasteiger partial charge in [0.05, 0.1) is 41.1 Å². The number of carbonyl (C=O) groups excluding carboxylic acids is 2. The van der Waals surface area contributed by atoms with Gasteiger partial charge in [0, 0.05) is 24.9 Å². The fourth-order valence-electron chi connectivity index (χ4n) is 4.44. The van der Waals surface area contributed by atoms with Crippen molar-refractivity contribution in [2.45, 2.75) is 12.8 Å². The molecule has 0 bridgehead atoms. The van der Waals surface area contributed by atoms with Gasteiger partial charge in [-0.05, 0) is 24.1 Å². The second kappa shape index (κ2) is 9.12. The number of nitriles is 2. The number of rotatable bonds is 3. The van der Waals surface area contributed by atoms with Crippen LogP contribution in [0.15, 0.2) is 41.1 Å². The molecule has 1 aromatic rings. The van der Waals surface area contributed by atoms with Crippen LogP contribution < -0.4 is 5.73 Å². The average molecular weight is 475 g/mol. The lowest BCUT2D eigenvalue weighted by Gasteiger charge is -2.46. The Balaban J connectivity index is 2.35. The zero-order valence-corrected chi connectivity index (χ0v) is 18.9. The van der Waals surface area contributed by atoms with E-state index >= 15 is 0 Å². The molecule has 0 fully saturated rings. The van der Waals surface area contributed by atoms with E-state index in [1.807, 2.05) is 12.1 Å². The van der Waals surface area contributed by atoms with Crippen molar-refractivity contribution >= 4 is 35.3 Å². The van der Waals surface area contributed by atoms with E-state index in [9.17, 15) is 20.1 Å². The average Bonchev–Trinajstić information content (AvgIpc) is 2.80. The Hall–Kier alpha value is -3.20. The van der Waals surface area contributed by atoms with Gasteiger partial charge in [0.25, 0.3) is 0 Å². The lowest BCUT2D eigenvalue weighted by Crippen LogP contribution is -2.53. The number of hydrogen-bond acceptors (Lipinski definition) is 7. The molecular formula is C22H20Cl2N4O4. The van der Waals surface area contributed by atoms with Gasteiger partial charge < -0.3 is 20.1 Å². The SMILES string of the molecule is CCOC(=O)N1CC=C2C(C#N)=C(N)C(C#N)(C(=O)OC)C(c3cccc(Cl)c3Cl)C2C1. The minimum Gasteiger partial charge on any atom is -0.468 e. The van der Waals surface area contributed by atoms with E-state index in [0.29, 0.717) is 11.1 Å². The Morgan fingerprint density at radius 2 is 2.06 bits per heavy atom. The molecule has 3 unspecified atom stereocenters. The Morgan fingerprint density at radius 1 is 1.34 bits per heavy atom. The molecule has 3 atom stereocenters. The van der Waals surface area contributed by atoms with Gasteiger partial charge in [-0.2, -0.15) is 10.5 Å². The lowest BCUT2D eigenvalue weighted by molar-refractivity contribution is -0.149. The number of esters is 1. The second-order valence-corrected chi connectivity index (χ2v) is 8.09. The summed E-state index contributed by atoms with van der Waals surface area (Å²) in [6.07, 6.45) is 1.13. The molecule has 1 aliphatic heterocycles. The maximum absolute atomic E-state index is 13.1. The molecule has 2 N–H and O–H groups in total. The highest BCUT2D eigenvalue weighted by molar-refractivity contribution is 6.42. The third kappa shape index (κ3) is 3.46. The number of allylic oxidation sites excluding steroid dienone is 1. The third-order valence-corrected chi connectivity index (χ3v) is 6.67. The summed E-state index contributed by atoms with van der Waals surface area (Å²) in [6, 6.07) is 8.88. The number of nitrogens with zero attached hydrogens (tertiary/aromatic N) is 3. The minimum atomic E-state index is -2.06. The smallest absolute Gasteiger partial charge is 0.410 e. The molecule has 2 aliphatic rings. The van der Waals surface area contributed by atoms with Crippen molar-refractivity contribution in [3.63, 3.8) is 0 Å². The summed E-state index contributed by atoms with van der Waals surface area (Å²) in [5.74, 6) is -2.59. The Kier molecular flexibility index (Phi) is 6.68. The monoisotopic (exact) mass is 474 g/mol. The highest BCUT2D eigenvalue weighted by atomic mass is 35.5. The van der Waals surface area contributed by atoms with Crippen molar-refractivity contribution in [2.75, 3.05) is 26.8 Å². The molecule has 1 amide bonds. The number of hydrogen-bond donors (Lipinski definition) is 1. The number of fused-ring (bicyclic) bond motifs is 1. The normalized spacial score (nSPS) is 24.6. The highest BCUT2D eigenvalue weighted by Gasteiger charge is 2.60. The quantitative estimate of drug-likeness (QED) is 0.662. The highest BCUT2D eigenvalue weighted by Crippen LogP contribution is 2.56. The van der Waals surface area contributed by atoms with Gasteiger partial charge in [-0.1, -0.05) is 41.4 Å². The van der Waals surface area contributed by atoms with Crippen LogP contribution in [0.1, 0.15) is 18.4 Å². The van der Waals surface area contributed by atoms with Gasteiger partial charge in [-0.25, -0.2) is 9.59 Å². The number of carbonyl (C=O) groups is 2. The summed E-state index contributed by atoms with van der Waals surface area (Å²) in [5, 5.41) is 20.5. The first-order chi connectivity index (χ1) is 15.3. The number of benzene rings is 1. The molecule has 0 saturated heterocycles. The van der Waals surface area contributed by atoms with Crippen molar-refractivity contribution < 1.29 is 19.1 Å². The first-order valence-corrected chi connectivity index (χ1v) is 10.5. The summed E-state index contributed by atoms with van der Waals surface area (Å²) in [7, 11) is 1.13. The number of amides is 1. The molecule has 0 aromatic heterocycles. The van der Waals surface area contributed by atoms with Crippen molar-refractivity contribution in [3.05, 3.63) is 56.7 Å². The van der Waals surface area contributed by atoms with E-state index < -0.39 is 29.3 Å². The standard InChI is InChI=1S/C22H20Cl2N4O4/c1-3-32-21(30)28-8-7-12-14(9-25)19(27)22(11-26,20(29)31-2)17(15(12)10-28)13-5-4-6-16(23)18(13)24/h4-7,15,17H,3,8,10,27H2,1-2H3. The number of methoxy groups -OCH3 is 1. The summed E-state index contributed by atoms with van der Waals surface area (Å²) in [5.41, 5.74) is 4.98. The summed E-state index contributed by atoms with van der Waals surface area (Å²) in [6.45, 7) is 2.11. The van der Waals surface area contributed by atoms with Crippen LogP contribution in [0.2, 0.25) is 10.0 Å². The first-order valence-electron chi connectivity index (χ1n) is 9.74. The zero-order valence-electron chi connectivity index (χ0n) is 17.4. The van der Waals surface area contributed by atoms with Crippen LogP contribution >= 0.6 is 23.2 Å². The van der Waals surface area contributed by atoms with Gasteiger partial charge in [0.1, 0.15) is 6.07 Å². The van der Waals surface area contributed by atoms with E-state index in [-0.39, 0.29) is 41.0 Å². The summed E-state index contributed by atoms with van der Waals surface area (Å²) >= 11 is 12.8. The van der Waals surface area contributed by atoms with Gasteiger partial charge in [0.2, 0.25) is 5.41 Å². The number of nitrogens with two attached hydrogens (primary N) is 1. The molecule has 0 radical (unpaired) electrons. The van der Waals surface area contributed by atoms with Gasteiger partial charge in [-0.3, -0.25) is 0 Å². The molecule has 1 aliphatic carbocycles. The van der Waals surface area contributed by atoms with Crippen LogP contribution in [0.4, 0.5) is 4.79 Å². The molecule has 10 heteroatoms. The maximum atomic E-state index is 13.1. The van der Waals surface area contributed by atoms with Gasteiger partial charge >= 0.3 is 12.1 Å². The van der Waals surface area contributed by atoms with Gasteiger partial charge in [-0.15, -0.1) is 0 Å². The van der Waals surface area contributed by atoms with E-state index in [1.54, 1.807) is 31.2 Å². The largest absolute Gasteiger partial charge is 0.468 e. The van der Waals surface area contributed by atoms with Crippen molar-refractivity contribution in [2.24, 2.45) is 17.1 Å². The van der Waals surface area contributed by atoms with Crippen LogP contribution in [0.5, 0.6) is 0 Å². The van der Waals surface area contributed by atoms with Crippen molar-refractivity contribution in [1.29, 1.82) is 10.5 Å². The van der Waals surface area contributed by atoms with Crippen LogP contribution in [-0.4, -0.2) is 43.8 Å². The fraction of sp³-hybridized carbons (Fsp3) is 0.364. The van der Waals surface area contributed by atoms with Crippen molar-refractivity contribution in [1.82, 2.24) is 4.90 Å². The topological polar surface area (TPSA) is 129 Å². The zero-order chi connectivity index (χ0) is 23.6. The van der Waals surface area contributed by atoms with Crippen LogP contribution in [0, 0.1) is 34.0 Å². The Labute approximate surface area is 195 Å². The Morgan fingerprint density at radius 3 is 2.66 bits per heavy atom. The molecule has 3 rings (SSSR count). The summed E-state index contributed by atoms with van der Waals surface area (Å²) in [4.78, 5) is 27.0. The predicted molar refractivity (Wildman–Crippen MR) is 116 cm³/mol. The second-order valence-electron chi connectivity index (χ2n) is 7.30. The van der Waals surface area contributed by atoms with E-state index in [2.05, 4.69) is 0 Å². The number of halogens is 2. The summed E-state index contributed by atoms with van der Waals surface area (Å²) < 4.78 is 10.1. The Bertz CT molecular complexity index is 1120. The molecule has 1 aromatic carbocycles. The van der Waals surface area contributed by atoms with Crippen LogP contribution in [-0.2, 0) is 14.3 Å². The molecular weight excluding hydrogens is 455 g/mol. The minimum absolute atomic E-state index is 0.0138. The van der Waals surface area contributed by atoms with Crippen LogP contribution in [0.3, 0.4) is 0 Å². The first kappa shape index (κ1) is 23.5.